The van der Waals surface area contributed by atoms with Gasteiger partial charge in [0.2, 0.25) is 0 Å². The summed E-state index contributed by atoms with van der Waals surface area (Å²) < 4.78 is 5.30. The second-order valence-electron chi connectivity index (χ2n) is 4.64. The van der Waals surface area contributed by atoms with E-state index in [0.29, 0.717) is 18.9 Å². The lowest BCUT2D eigenvalue weighted by atomic mass is 10.0. The van der Waals surface area contributed by atoms with Crippen LogP contribution in [0, 0.1) is 5.92 Å². The Labute approximate surface area is 93.4 Å². The van der Waals surface area contributed by atoms with E-state index in [-0.39, 0.29) is 5.97 Å². The Morgan fingerprint density at radius 3 is 2.47 bits per heavy atom. The fourth-order valence-corrected chi connectivity index (χ4v) is 2.13. The molecular formula is C13H24O2. The molecule has 0 aromatic heterocycles. The van der Waals surface area contributed by atoms with Gasteiger partial charge in [0.1, 0.15) is 0 Å². The number of carbonyl (C=O) groups is 1. The smallest absolute Gasteiger partial charge is 0.305 e. The number of esters is 1. The van der Waals surface area contributed by atoms with E-state index < -0.39 is 0 Å². The van der Waals surface area contributed by atoms with Crippen molar-refractivity contribution >= 4 is 5.97 Å². The minimum atomic E-state index is 0.00102. The molecule has 1 fully saturated rings. The first-order valence-electron chi connectivity index (χ1n) is 6.48. The average Bonchev–Trinajstić information content (AvgIpc) is 2.51. The van der Waals surface area contributed by atoms with Gasteiger partial charge in [0, 0.05) is 6.42 Å². The molecule has 0 unspecified atom stereocenters. The van der Waals surface area contributed by atoms with Crippen molar-refractivity contribution in [2.24, 2.45) is 5.92 Å². The zero-order valence-corrected chi connectivity index (χ0v) is 9.96. The highest BCUT2D eigenvalue weighted by atomic mass is 16.5. The third kappa shape index (κ3) is 5.81. The molecule has 0 aromatic carbocycles. The van der Waals surface area contributed by atoms with Gasteiger partial charge in [0.25, 0.3) is 0 Å². The Morgan fingerprint density at radius 1 is 1.20 bits per heavy atom. The number of hydrogen-bond donors (Lipinski definition) is 0. The van der Waals surface area contributed by atoms with Crippen LogP contribution in [0.1, 0.15) is 64.7 Å². The normalized spacial score (nSPS) is 18.5. The summed E-state index contributed by atoms with van der Waals surface area (Å²) in [5.41, 5.74) is 0. The van der Waals surface area contributed by atoms with Gasteiger partial charge in [-0.25, -0.2) is 0 Å². The van der Waals surface area contributed by atoms with Crippen molar-refractivity contribution in [3.05, 3.63) is 0 Å². The van der Waals surface area contributed by atoms with Crippen molar-refractivity contribution in [2.75, 3.05) is 6.61 Å². The van der Waals surface area contributed by atoms with Gasteiger partial charge in [0.05, 0.1) is 6.61 Å². The molecule has 0 N–H and O–H groups in total. The summed E-state index contributed by atoms with van der Waals surface area (Å²) in [6.07, 6.45) is 10.5. The van der Waals surface area contributed by atoms with Crippen molar-refractivity contribution in [3.63, 3.8) is 0 Å². The second kappa shape index (κ2) is 7.72. The zero-order valence-electron chi connectivity index (χ0n) is 9.96. The molecule has 0 saturated heterocycles. The molecule has 1 aliphatic rings. The van der Waals surface area contributed by atoms with Gasteiger partial charge in [-0.3, -0.25) is 4.79 Å². The molecule has 0 radical (unpaired) electrons. The van der Waals surface area contributed by atoms with Crippen LogP contribution in [0.4, 0.5) is 0 Å². The van der Waals surface area contributed by atoms with Crippen LogP contribution in [0.3, 0.4) is 0 Å². The van der Waals surface area contributed by atoms with E-state index in [1.165, 1.54) is 38.5 Å². The number of carbonyl (C=O) groups excluding carboxylic acids is 1. The number of unbranched alkanes of at least 4 members (excludes halogenated alkanes) is 1. The maximum atomic E-state index is 11.3. The van der Waals surface area contributed by atoms with Crippen LogP contribution >= 0.6 is 0 Å². The Hall–Kier alpha value is -0.530. The first-order valence-corrected chi connectivity index (χ1v) is 6.48. The van der Waals surface area contributed by atoms with Crippen LogP contribution in [0.2, 0.25) is 0 Å². The quantitative estimate of drug-likeness (QED) is 0.513. The van der Waals surface area contributed by atoms with Crippen molar-refractivity contribution in [2.45, 2.75) is 64.7 Å². The van der Waals surface area contributed by atoms with E-state index in [1.807, 2.05) is 0 Å². The maximum absolute atomic E-state index is 11.3. The predicted octanol–water partition coefficient (Wildman–Crippen LogP) is 3.69. The summed E-state index contributed by atoms with van der Waals surface area (Å²) in [5.74, 6) is 0.638. The van der Waals surface area contributed by atoms with E-state index in [0.717, 1.165) is 12.8 Å². The number of rotatable bonds is 5. The maximum Gasteiger partial charge on any atom is 0.305 e. The van der Waals surface area contributed by atoms with E-state index in [1.54, 1.807) is 0 Å². The van der Waals surface area contributed by atoms with Crippen LogP contribution in [-0.2, 0) is 9.53 Å². The standard InChI is InChI=1S/C13H24O2/c1-2-3-10-13(14)15-11-12-8-6-4-5-7-9-12/h12H,2-11H2,1H3. The predicted molar refractivity (Wildman–Crippen MR) is 61.7 cm³/mol. The largest absolute Gasteiger partial charge is 0.465 e. The van der Waals surface area contributed by atoms with Gasteiger partial charge in [0.15, 0.2) is 0 Å². The molecule has 88 valence electrons. The first-order chi connectivity index (χ1) is 7.33. The third-order valence-electron chi connectivity index (χ3n) is 3.19. The SMILES string of the molecule is CCCCC(=O)OCC1CCCCCC1. The number of hydrogen-bond acceptors (Lipinski definition) is 2. The molecular weight excluding hydrogens is 188 g/mol. The third-order valence-corrected chi connectivity index (χ3v) is 3.19. The molecule has 2 heteroatoms. The Kier molecular flexibility index (Phi) is 6.45. The van der Waals surface area contributed by atoms with Gasteiger partial charge >= 0.3 is 5.97 Å². The van der Waals surface area contributed by atoms with E-state index >= 15 is 0 Å². The summed E-state index contributed by atoms with van der Waals surface area (Å²) in [6.45, 7) is 2.77. The average molecular weight is 212 g/mol. The van der Waals surface area contributed by atoms with Gasteiger partial charge in [-0.15, -0.1) is 0 Å². The lowest BCUT2D eigenvalue weighted by Crippen LogP contribution is -2.13. The molecule has 0 atom stereocenters. The van der Waals surface area contributed by atoms with E-state index in [4.69, 9.17) is 4.74 Å². The van der Waals surface area contributed by atoms with Gasteiger partial charge in [-0.05, 0) is 25.2 Å². The minimum Gasteiger partial charge on any atom is -0.465 e. The Balaban J connectivity index is 2.09. The van der Waals surface area contributed by atoms with Crippen LogP contribution in [0.25, 0.3) is 0 Å². The topological polar surface area (TPSA) is 26.3 Å². The van der Waals surface area contributed by atoms with Crippen LogP contribution in [0.15, 0.2) is 0 Å². The molecule has 0 heterocycles. The van der Waals surface area contributed by atoms with Crippen molar-refractivity contribution in [1.82, 2.24) is 0 Å². The molecule has 0 amide bonds. The first kappa shape index (κ1) is 12.5. The highest BCUT2D eigenvalue weighted by molar-refractivity contribution is 5.69. The Morgan fingerprint density at radius 2 is 1.87 bits per heavy atom. The fourth-order valence-electron chi connectivity index (χ4n) is 2.13. The molecule has 15 heavy (non-hydrogen) atoms. The van der Waals surface area contributed by atoms with Crippen molar-refractivity contribution < 1.29 is 9.53 Å². The van der Waals surface area contributed by atoms with E-state index in [9.17, 15) is 4.79 Å². The zero-order chi connectivity index (χ0) is 10.9. The molecule has 0 bridgehead atoms. The Bertz CT molecular complexity index is 169. The highest BCUT2D eigenvalue weighted by Crippen LogP contribution is 2.23. The molecule has 1 rings (SSSR count). The van der Waals surface area contributed by atoms with Crippen molar-refractivity contribution in [1.29, 1.82) is 0 Å². The molecule has 0 aliphatic heterocycles. The molecule has 0 aromatic rings. The van der Waals surface area contributed by atoms with E-state index in [2.05, 4.69) is 6.92 Å². The minimum absolute atomic E-state index is 0.00102. The molecule has 1 saturated carbocycles. The monoisotopic (exact) mass is 212 g/mol. The van der Waals surface area contributed by atoms with Crippen LogP contribution < -0.4 is 0 Å². The fraction of sp³-hybridized carbons (Fsp3) is 0.923. The summed E-state index contributed by atoms with van der Waals surface area (Å²) in [4.78, 5) is 11.3. The van der Waals surface area contributed by atoms with Gasteiger partial charge in [-0.2, -0.15) is 0 Å². The van der Waals surface area contributed by atoms with Crippen LogP contribution in [-0.4, -0.2) is 12.6 Å². The lowest BCUT2D eigenvalue weighted by molar-refractivity contribution is -0.145. The van der Waals surface area contributed by atoms with Crippen LogP contribution in [0.5, 0.6) is 0 Å². The lowest BCUT2D eigenvalue weighted by Gasteiger charge is -2.13. The van der Waals surface area contributed by atoms with Gasteiger partial charge < -0.3 is 4.74 Å². The molecule has 1 aliphatic carbocycles. The number of ether oxygens (including phenoxy) is 1. The highest BCUT2D eigenvalue weighted by Gasteiger charge is 2.14. The summed E-state index contributed by atoms with van der Waals surface area (Å²) in [5, 5.41) is 0. The summed E-state index contributed by atoms with van der Waals surface area (Å²) in [6, 6.07) is 0. The van der Waals surface area contributed by atoms with Crippen molar-refractivity contribution in [3.8, 4) is 0 Å². The van der Waals surface area contributed by atoms with Gasteiger partial charge in [-0.1, -0.05) is 39.0 Å². The summed E-state index contributed by atoms with van der Waals surface area (Å²) >= 11 is 0. The molecule has 2 nitrogen and oxygen atoms in total. The summed E-state index contributed by atoms with van der Waals surface area (Å²) in [7, 11) is 0. The second-order valence-corrected chi connectivity index (χ2v) is 4.64. The molecule has 0 spiro atoms.